The summed E-state index contributed by atoms with van der Waals surface area (Å²) in [7, 11) is -7.02. The average Bonchev–Trinajstić information content (AvgIpc) is 3.90. The highest BCUT2D eigenvalue weighted by atomic mass is 32.2. The number of fused-ring (bicyclic) bond motifs is 2. The fourth-order valence-electron chi connectivity index (χ4n) is 6.94. The highest BCUT2D eigenvalue weighted by Gasteiger charge is 2.18. The largest absolute Gasteiger partial charge is 0.291 e. The number of pyridine rings is 2. The lowest BCUT2D eigenvalue weighted by Gasteiger charge is -2.11. The van der Waals surface area contributed by atoms with Crippen molar-refractivity contribution >= 4 is 65.7 Å². The molecule has 0 unspecified atom stereocenters. The van der Waals surface area contributed by atoms with Crippen LogP contribution < -0.4 is 5.14 Å². The van der Waals surface area contributed by atoms with E-state index < -0.39 is 19.9 Å². The van der Waals surface area contributed by atoms with E-state index in [4.69, 9.17) is 15.1 Å². The molecular weight excluding hydrogens is 879 g/mol. The Kier molecular flexibility index (Phi) is 12.0. The zero-order valence-corrected chi connectivity index (χ0v) is 37.3. The van der Waals surface area contributed by atoms with E-state index >= 15 is 0 Å². The van der Waals surface area contributed by atoms with Crippen LogP contribution in [0.15, 0.2) is 224 Å². The predicted octanol–water partition coefficient (Wildman–Crippen LogP) is 10.5. The molecule has 0 aliphatic heterocycles. The third-order valence-electron chi connectivity index (χ3n) is 9.98. The van der Waals surface area contributed by atoms with Crippen LogP contribution in [0.1, 0.15) is 0 Å². The van der Waals surface area contributed by atoms with Crippen molar-refractivity contribution in [3.63, 3.8) is 0 Å². The minimum atomic E-state index is -3.76. The molecule has 6 aromatic carbocycles. The number of sulfone groups is 1. The Morgan fingerprint density at radius 2 is 0.938 bits per heavy atom. The maximum absolute atomic E-state index is 11.8. The molecule has 11 nitrogen and oxygen atoms in total. The van der Waals surface area contributed by atoms with Crippen LogP contribution in [0, 0.1) is 0 Å². The van der Waals surface area contributed by atoms with Crippen LogP contribution in [-0.2, 0) is 19.9 Å². The van der Waals surface area contributed by atoms with Crippen LogP contribution in [0.4, 0.5) is 0 Å². The molecule has 0 saturated carbocycles. The molecule has 0 radical (unpaired) electrons. The molecular formula is C49H37N7O4S4. The summed E-state index contributed by atoms with van der Waals surface area (Å²) in [6.07, 6.45) is 4.65. The summed E-state index contributed by atoms with van der Waals surface area (Å²) in [4.78, 5) is 23.4. The summed E-state index contributed by atoms with van der Waals surface area (Å²) in [6, 6.07) is 57.7. The van der Waals surface area contributed by atoms with Crippen LogP contribution >= 0.6 is 23.5 Å². The van der Waals surface area contributed by atoms with Crippen LogP contribution in [0.2, 0.25) is 0 Å². The van der Waals surface area contributed by atoms with Crippen molar-refractivity contribution in [3.05, 3.63) is 194 Å². The number of hydrogen-bond donors (Lipinski definition) is 1. The van der Waals surface area contributed by atoms with E-state index in [9.17, 15) is 16.8 Å². The van der Waals surface area contributed by atoms with Crippen LogP contribution in [0.3, 0.4) is 0 Å². The lowest BCUT2D eigenvalue weighted by molar-refractivity contribution is 0.597. The molecule has 64 heavy (non-hydrogen) atoms. The Labute approximate surface area is 378 Å². The van der Waals surface area contributed by atoms with Crippen molar-refractivity contribution in [3.8, 4) is 34.2 Å². The fourth-order valence-corrected chi connectivity index (χ4v) is 9.76. The van der Waals surface area contributed by atoms with Gasteiger partial charge >= 0.3 is 0 Å². The van der Waals surface area contributed by atoms with Gasteiger partial charge in [0.2, 0.25) is 10.0 Å². The van der Waals surface area contributed by atoms with Gasteiger partial charge in [-0.2, -0.15) is 0 Å². The first kappa shape index (κ1) is 42.4. The van der Waals surface area contributed by atoms with E-state index in [0.717, 1.165) is 49.0 Å². The summed E-state index contributed by atoms with van der Waals surface area (Å²) in [5, 5.41) is 5.24. The molecule has 0 amide bonds. The van der Waals surface area contributed by atoms with Gasteiger partial charge in [-0.05, 0) is 146 Å². The van der Waals surface area contributed by atoms with E-state index in [1.54, 1.807) is 72.3 Å². The monoisotopic (exact) mass is 915 g/mol. The van der Waals surface area contributed by atoms with E-state index in [1.807, 2.05) is 77.4 Å². The van der Waals surface area contributed by atoms with Crippen molar-refractivity contribution in [1.29, 1.82) is 0 Å². The Bertz CT molecular complexity index is 3220. The molecule has 0 aliphatic rings. The molecule has 0 spiro atoms. The van der Waals surface area contributed by atoms with Crippen molar-refractivity contribution < 1.29 is 16.8 Å². The Balaban J connectivity index is 0.000000162. The molecule has 0 saturated heterocycles. The summed E-state index contributed by atoms with van der Waals surface area (Å²) in [5.41, 5.74) is 6.45. The molecule has 316 valence electrons. The highest BCUT2D eigenvalue weighted by molar-refractivity contribution is 7.99. The number of imidazole rings is 2. The Hall–Kier alpha value is -6.88. The van der Waals surface area contributed by atoms with Gasteiger partial charge in [-0.1, -0.05) is 59.9 Å². The fraction of sp³-hybridized carbons (Fsp3) is 0.0204. The maximum Gasteiger partial charge on any atom is 0.238 e. The van der Waals surface area contributed by atoms with Gasteiger partial charge in [0.15, 0.2) is 21.1 Å². The van der Waals surface area contributed by atoms with Crippen molar-refractivity contribution in [2.24, 2.45) is 5.14 Å². The van der Waals surface area contributed by atoms with Gasteiger partial charge < -0.3 is 0 Å². The number of aromatic nitrogens is 6. The summed E-state index contributed by atoms with van der Waals surface area (Å²) in [5.74, 6) is 1.38. The second kappa shape index (κ2) is 18.1. The molecule has 10 aromatic rings. The van der Waals surface area contributed by atoms with Crippen molar-refractivity contribution in [2.75, 3.05) is 6.26 Å². The number of nitrogens with zero attached hydrogens (tertiary/aromatic N) is 6. The lowest BCUT2D eigenvalue weighted by atomic mass is 10.2. The number of primary sulfonamides is 1. The molecule has 15 heteroatoms. The minimum absolute atomic E-state index is 0.0596. The molecule has 4 heterocycles. The molecule has 0 bridgehead atoms. The van der Waals surface area contributed by atoms with E-state index in [1.165, 1.54) is 28.2 Å². The maximum atomic E-state index is 11.8. The van der Waals surface area contributed by atoms with Gasteiger partial charge in [-0.25, -0.2) is 41.9 Å². The van der Waals surface area contributed by atoms with Gasteiger partial charge in [0.05, 0.1) is 15.3 Å². The molecule has 0 aliphatic carbocycles. The number of benzene rings is 6. The third kappa shape index (κ3) is 9.39. The topological polar surface area (TPSA) is 156 Å². The smallest absolute Gasteiger partial charge is 0.238 e. The number of hydrogen-bond acceptors (Lipinski definition) is 10. The standard InChI is InChI=1S/C25H19N3O2S2.C24H18N4O2S2/c1-32(29,30)22-15-9-18(10-16-22)25-27-24-23(8-5-17-26-24)28(25)19-11-13-21(14-12-19)31-20-6-3-2-4-7-20;25-32(29,30)21-14-8-17(9-15-21)23-27-22-7-4-16-26-24(22)28(23)18-10-12-20(13-11-18)31-19-5-2-1-3-6-19/h2-17H,1H3;1-16H,(H2,25,29,30). The van der Waals surface area contributed by atoms with Crippen molar-refractivity contribution in [1.82, 2.24) is 29.1 Å². The normalized spacial score (nSPS) is 11.7. The van der Waals surface area contributed by atoms with E-state index in [2.05, 4.69) is 75.2 Å². The third-order valence-corrected chi connectivity index (χ3v) is 14.1. The second-order valence-electron chi connectivity index (χ2n) is 14.4. The summed E-state index contributed by atoms with van der Waals surface area (Å²) < 4.78 is 50.9. The van der Waals surface area contributed by atoms with Gasteiger partial charge in [0.25, 0.3) is 0 Å². The Morgan fingerprint density at radius 1 is 0.469 bits per heavy atom. The molecule has 4 aromatic heterocycles. The molecule has 10 rings (SSSR count). The first-order chi connectivity index (χ1) is 31.0. The second-order valence-corrected chi connectivity index (χ2v) is 20.3. The van der Waals surface area contributed by atoms with Crippen molar-refractivity contribution in [2.45, 2.75) is 29.4 Å². The average molecular weight is 916 g/mol. The number of sulfonamides is 1. The first-order valence-corrected chi connectivity index (χ1v) is 24.8. The van der Waals surface area contributed by atoms with Gasteiger partial charge in [-0.15, -0.1) is 0 Å². The minimum Gasteiger partial charge on any atom is -0.291 e. The van der Waals surface area contributed by atoms with Crippen LogP contribution in [0.25, 0.3) is 56.5 Å². The quantitative estimate of drug-likeness (QED) is 0.140. The van der Waals surface area contributed by atoms with E-state index in [0.29, 0.717) is 17.3 Å². The first-order valence-electron chi connectivity index (χ1n) is 19.8. The van der Waals surface area contributed by atoms with Gasteiger partial charge in [0.1, 0.15) is 17.2 Å². The predicted molar refractivity (Wildman–Crippen MR) is 254 cm³/mol. The molecule has 0 fully saturated rings. The number of rotatable bonds is 10. The molecule has 2 N–H and O–H groups in total. The number of nitrogens with two attached hydrogens (primary N) is 1. The zero-order valence-electron chi connectivity index (χ0n) is 34.0. The highest BCUT2D eigenvalue weighted by Crippen LogP contribution is 2.34. The molecule has 0 atom stereocenters. The summed E-state index contributed by atoms with van der Waals surface area (Å²) >= 11 is 3.40. The van der Waals surface area contributed by atoms with Crippen LogP contribution in [-0.4, -0.2) is 52.2 Å². The SMILES string of the molecule is CS(=O)(=O)c1ccc(-c2nc3ncccc3n2-c2ccc(Sc3ccccc3)cc2)cc1.NS(=O)(=O)c1ccc(-c2nc3cccnc3n2-c2ccc(Sc3ccccc3)cc2)cc1. The van der Waals surface area contributed by atoms with Gasteiger partial charge in [-0.3, -0.25) is 9.13 Å². The van der Waals surface area contributed by atoms with Gasteiger partial charge in [0, 0.05) is 60.7 Å². The zero-order chi connectivity index (χ0) is 44.3. The van der Waals surface area contributed by atoms with E-state index in [-0.39, 0.29) is 9.79 Å². The van der Waals surface area contributed by atoms with Crippen LogP contribution in [0.5, 0.6) is 0 Å². The Morgan fingerprint density at radius 3 is 1.47 bits per heavy atom. The summed E-state index contributed by atoms with van der Waals surface area (Å²) in [6.45, 7) is 0. The lowest BCUT2D eigenvalue weighted by Crippen LogP contribution is -2.11.